The van der Waals surface area contributed by atoms with Crippen molar-refractivity contribution in [3.8, 4) is 0 Å². The van der Waals surface area contributed by atoms with Crippen LogP contribution in [-0.2, 0) is 23.9 Å². The van der Waals surface area contributed by atoms with E-state index in [-0.39, 0.29) is 25.7 Å². The van der Waals surface area contributed by atoms with Crippen LogP contribution >= 0.6 is 0 Å². The van der Waals surface area contributed by atoms with Crippen LogP contribution in [0.15, 0.2) is 0 Å². The molecule has 0 aromatic rings. The molecule has 0 radical (unpaired) electrons. The predicted octanol–water partition coefficient (Wildman–Crippen LogP) is -5.75. The molecule has 1 fully saturated rings. The minimum atomic E-state index is -1.77. The van der Waals surface area contributed by atoms with Crippen molar-refractivity contribution in [2.24, 2.45) is 17.2 Å². The minimum Gasteiger partial charge on any atom is -0.394 e. The summed E-state index contributed by atoms with van der Waals surface area (Å²) in [5.74, 6) is -3.14. The van der Waals surface area contributed by atoms with Gasteiger partial charge in [0.05, 0.1) is 12.6 Å². The van der Waals surface area contributed by atoms with E-state index in [2.05, 4.69) is 10.6 Å². The van der Waals surface area contributed by atoms with Crippen molar-refractivity contribution >= 4 is 23.6 Å². The number of hydrogen-bond donors (Lipinski definition) is 9. The van der Waals surface area contributed by atoms with Gasteiger partial charge in [-0.15, -0.1) is 0 Å². The van der Waals surface area contributed by atoms with Gasteiger partial charge in [-0.05, 0) is 12.8 Å². The van der Waals surface area contributed by atoms with Crippen molar-refractivity contribution in [3.63, 3.8) is 0 Å². The highest BCUT2D eigenvalue weighted by Crippen LogP contribution is 2.20. The Kier molecular flexibility index (Phi) is 10.0. The number of aliphatic hydroxyl groups is 4. The van der Waals surface area contributed by atoms with Crippen LogP contribution in [0.25, 0.3) is 0 Å². The van der Waals surface area contributed by atoms with Crippen molar-refractivity contribution in [3.05, 3.63) is 0 Å². The van der Waals surface area contributed by atoms with Crippen LogP contribution in [0.3, 0.4) is 0 Å². The van der Waals surface area contributed by atoms with Crippen LogP contribution in [0.4, 0.5) is 0 Å². The molecular formula is C16H29N5O9. The number of nitrogens with one attached hydrogen (secondary N) is 2. The summed E-state index contributed by atoms with van der Waals surface area (Å²) in [7, 11) is 0. The van der Waals surface area contributed by atoms with E-state index in [1.54, 1.807) is 0 Å². The molecule has 1 aliphatic heterocycles. The lowest BCUT2D eigenvalue weighted by molar-refractivity contribution is -0.254. The van der Waals surface area contributed by atoms with Crippen LogP contribution in [-0.4, -0.2) is 93.4 Å². The molecule has 4 amide bonds. The van der Waals surface area contributed by atoms with Crippen LogP contribution in [0.1, 0.15) is 25.7 Å². The highest BCUT2D eigenvalue weighted by molar-refractivity contribution is 5.90. The first-order valence-electron chi connectivity index (χ1n) is 9.21. The standard InChI is InChI=1S/C16H29N5O9/c17-6(1-3-9(18)23)14(27)20-7(2-4-10(19)24)15(28)21-11-13(26)12(25)8(5-22)30-16(11)29/h6-8,11-13,16,22,25-26,29H,1-5,17H2,(H2,18,23)(H2,19,24)(H,20,27)(H,21,28). The second-order valence-corrected chi connectivity index (χ2v) is 6.94. The van der Waals surface area contributed by atoms with Gasteiger partial charge >= 0.3 is 0 Å². The Morgan fingerprint density at radius 3 is 2.03 bits per heavy atom. The van der Waals surface area contributed by atoms with Gasteiger partial charge in [0.2, 0.25) is 23.6 Å². The van der Waals surface area contributed by atoms with Crippen molar-refractivity contribution in [2.45, 2.75) is 68.4 Å². The number of rotatable bonds is 11. The zero-order valence-electron chi connectivity index (χ0n) is 16.1. The average Bonchev–Trinajstić information content (AvgIpc) is 2.68. The van der Waals surface area contributed by atoms with E-state index < -0.39 is 73.0 Å². The van der Waals surface area contributed by atoms with E-state index in [9.17, 15) is 34.5 Å². The van der Waals surface area contributed by atoms with Gasteiger partial charge in [-0.2, -0.15) is 0 Å². The summed E-state index contributed by atoms with van der Waals surface area (Å²) < 4.78 is 4.94. The Hall–Kier alpha value is -2.36. The molecule has 0 spiro atoms. The molecule has 30 heavy (non-hydrogen) atoms. The number of ether oxygens (including phenoxy) is 1. The molecule has 14 heteroatoms. The fourth-order valence-electron chi connectivity index (χ4n) is 2.78. The van der Waals surface area contributed by atoms with Gasteiger partial charge in [-0.1, -0.05) is 0 Å². The number of primary amides is 2. The molecule has 0 aliphatic carbocycles. The third-order valence-corrected chi connectivity index (χ3v) is 4.56. The number of carbonyl (C=O) groups is 4. The van der Waals surface area contributed by atoms with Gasteiger partial charge in [-0.3, -0.25) is 19.2 Å². The summed E-state index contributed by atoms with van der Waals surface area (Å²) in [6, 6.07) is -3.99. The highest BCUT2D eigenvalue weighted by atomic mass is 16.6. The maximum absolute atomic E-state index is 12.6. The second kappa shape index (κ2) is 11.7. The van der Waals surface area contributed by atoms with E-state index in [1.807, 2.05) is 0 Å². The molecule has 12 N–H and O–H groups in total. The SMILES string of the molecule is NC(=O)CCC(N)C(=O)NC(CCC(N)=O)C(=O)NC1C(O)OC(CO)C(O)C1O. The zero-order chi connectivity index (χ0) is 23.0. The molecule has 1 rings (SSSR count). The Balaban J connectivity index is 2.83. The van der Waals surface area contributed by atoms with E-state index in [1.165, 1.54) is 0 Å². The number of aliphatic hydroxyl groups excluding tert-OH is 4. The molecule has 0 saturated carbocycles. The van der Waals surface area contributed by atoms with Crippen molar-refractivity contribution in [2.75, 3.05) is 6.61 Å². The molecule has 7 atom stereocenters. The van der Waals surface area contributed by atoms with Crippen LogP contribution in [0.2, 0.25) is 0 Å². The summed E-state index contributed by atoms with van der Waals surface area (Å²) in [4.78, 5) is 46.7. The molecule has 0 aromatic carbocycles. The fourth-order valence-corrected chi connectivity index (χ4v) is 2.78. The van der Waals surface area contributed by atoms with E-state index in [0.717, 1.165) is 0 Å². The molecule has 0 aromatic heterocycles. The summed E-state index contributed by atoms with van der Waals surface area (Å²) in [6.45, 7) is -0.684. The topological polar surface area (TPSA) is 261 Å². The van der Waals surface area contributed by atoms with Gasteiger partial charge in [0, 0.05) is 12.8 Å². The van der Waals surface area contributed by atoms with Gasteiger partial charge in [0.1, 0.15) is 30.4 Å². The number of carbonyl (C=O) groups excluding carboxylic acids is 4. The Labute approximate surface area is 171 Å². The molecular weight excluding hydrogens is 406 g/mol. The largest absolute Gasteiger partial charge is 0.394 e. The predicted molar refractivity (Wildman–Crippen MR) is 98.7 cm³/mol. The second-order valence-electron chi connectivity index (χ2n) is 6.94. The first kappa shape index (κ1) is 25.7. The monoisotopic (exact) mass is 435 g/mol. The summed E-state index contributed by atoms with van der Waals surface area (Å²) >= 11 is 0. The number of amides is 4. The Bertz CT molecular complexity index is 634. The van der Waals surface area contributed by atoms with Gasteiger partial charge in [-0.25, -0.2) is 0 Å². The maximum atomic E-state index is 12.6. The van der Waals surface area contributed by atoms with Crippen molar-refractivity contribution < 1.29 is 44.3 Å². The third kappa shape index (κ3) is 7.47. The summed E-state index contributed by atoms with van der Waals surface area (Å²) in [5.41, 5.74) is 15.7. The third-order valence-electron chi connectivity index (χ3n) is 4.56. The first-order valence-corrected chi connectivity index (χ1v) is 9.21. The van der Waals surface area contributed by atoms with E-state index in [0.29, 0.717) is 0 Å². The molecule has 1 heterocycles. The van der Waals surface area contributed by atoms with Crippen molar-refractivity contribution in [1.82, 2.24) is 10.6 Å². The quantitative estimate of drug-likeness (QED) is 0.148. The van der Waals surface area contributed by atoms with Gasteiger partial charge < -0.3 is 53.0 Å². The van der Waals surface area contributed by atoms with Crippen molar-refractivity contribution in [1.29, 1.82) is 0 Å². The molecule has 0 bridgehead atoms. The molecule has 14 nitrogen and oxygen atoms in total. The average molecular weight is 435 g/mol. The molecule has 7 unspecified atom stereocenters. The lowest BCUT2D eigenvalue weighted by Crippen LogP contribution is -2.66. The number of hydrogen-bond acceptors (Lipinski definition) is 10. The lowest BCUT2D eigenvalue weighted by Gasteiger charge is -2.40. The molecule has 1 aliphatic rings. The highest BCUT2D eigenvalue weighted by Gasteiger charge is 2.44. The lowest BCUT2D eigenvalue weighted by atomic mass is 9.96. The zero-order valence-corrected chi connectivity index (χ0v) is 16.1. The molecule has 172 valence electrons. The normalized spacial score (nSPS) is 28.2. The Morgan fingerprint density at radius 1 is 0.933 bits per heavy atom. The first-order chi connectivity index (χ1) is 14.0. The number of nitrogens with two attached hydrogens (primary N) is 3. The van der Waals surface area contributed by atoms with Gasteiger partial charge in [0.15, 0.2) is 6.29 Å². The minimum absolute atomic E-state index is 0.0754. The fraction of sp³-hybridized carbons (Fsp3) is 0.750. The van der Waals surface area contributed by atoms with Crippen LogP contribution in [0.5, 0.6) is 0 Å². The summed E-state index contributed by atoms with van der Waals surface area (Å²) in [6.07, 6.45) is -7.08. The summed E-state index contributed by atoms with van der Waals surface area (Å²) in [5, 5.41) is 43.6. The Morgan fingerprint density at radius 2 is 1.50 bits per heavy atom. The van der Waals surface area contributed by atoms with E-state index in [4.69, 9.17) is 27.0 Å². The molecule has 1 saturated heterocycles. The maximum Gasteiger partial charge on any atom is 0.243 e. The smallest absolute Gasteiger partial charge is 0.243 e. The van der Waals surface area contributed by atoms with Crippen LogP contribution in [0, 0.1) is 0 Å². The van der Waals surface area contributed by atoms with Gasteiger partial charge in [0.25, 0.3) is 0 Å². The van der Waals surface area contributed by atoms with E-state index >= 15 is 0 Å². The van der Waals surface area contributed by atoms with Crippen LogP contribution < -0.4 is 27.8 Å².